The molecule has 3 fully saturated rings. The largest absolute Gasteiger partial charge is 0.311 e. The van der Waals surface area contributed by atoms with Crippen LogP contribution in [0.5, 0.6) is 0 Å². The molecule has 2 aromatic rings. The zero-order valence-corrected chi connectivity index (χ0v) is 20.0. The molecule has 7 atom stereocenters. The van der Waals surface area contributed by atoms with Crippen molar-refractivity contribution >= 4 is 0 Å². The van der Waals surface area contributed by atoms with Crippen LogP contribution in [0.3, 0.4) is 0 Å². The Kier molecular flexibility index (Phi) is 7.16. The maximum atomic E-state index is 13.6. The summed E-state index contributed by atoms with van der Waals surface area (Å²) in [6, 6.07) is 18.6. The highest BCUT2D eigenvalue weighted by atomic mass is 19.1. The monoisotopic (exact) mass is 451 g/mol. The molecule has 5 rings (SSSR count). The summed E-state index contributed by atoms with van der Waals surface area (Å²) in [5, 5.41) is 3.40. The van der Waals surface area contributed by atoms with E-state index in [2.05, 4.69) is 60.8 Å². The standard InChI is InChI=1S/C30H39F2N/c1-20(2-3-21-4-15-28(31)16-21)22-5-7-23(8-6-22)24-9-11-25(12-10-24)26-13-14-27(17-26)30-18-29(32)19-33-30/h5-12,20-21,26-30,33H,2-4,13-19H2,1H3/t20?,21-,26?,27?,28+,29-,30-/m0/s1. The van der Waals surface area contributed by atoms with Crippen LogP contribution in [0.1, 0.15) is 87.7 Å². The number of benzene rings is 2. The van der Waals surface area contributed by atoms with Crippen molar-refractivity contribution in [1.82, 2.24) is 5.32 Å². The van der Waals surface area contributed by atoms with Gasteiger partial charge >= 0.3 is 0 Å². The van der Waals surface area contributed by atoms with Crippen LogP contribution < -0.4 is 5.32 Å². The molecular weight excluding hydrogens is 412 g/mol. The van der Waals surface area contributed by atoms with E-state index in [0.29, 0.717) is 42.7 Å². The lowest BCUT2D eigenvalue weighted by Crippen LogP contribution is -2.28. The predicted octanol–water partition coefficient (Wildman–Crippen LogP) is 7.96. The minimum atomic E-state index is -0.654. The van der Waals surface area contributed by atoms with Crippen LogP contribution in [-0.4, -0.2) is 24.9 Å². The van der Waals surface area contributed by atoms with Crippen LogP contribution in [0.4, 0.5) is 8.78 Å². The minimum absolute atomic E-state index is 0.379. The molecular formula is C30H39F2N. The van der Waals surface area contributed by atoms with Crippen molar-refractivity contribution in [2.75, 3.05) is 6.54 Å². The average Bonchev–Trinajstić information content (AvgIpc) is 3.59. The molecule has 1 saturated heterocycles. The summed E-state index contributed by atoms with van der Waals surface area (Å²) in [5.74, 6) is 2.35. The fourth-order valence-corrected chi connectivity index (χ4v) is 6.65. The Labute approximate surface area is 198 Å². The van der Waals surface area contributed by atoms with Crippen molar-refractivity contribution in [2.45, 2.75) is 94.9 Å². The van der Waals surface area contributed by atoms with Crippen molar-refractivity contribution in [3.63, 3.8) is 0 Å². The molecule has 3 heteroatoms. The maximum Gasteiger partial charge on any atom is 0.114 e. The lowest BCUT2D eigenvalue weighted by molar-refractivity contribution is 0.325. The summed E-state index contributed by atoms with van der Waals surface area (Å²) in [4.78, 5) is 0. The van der Waals surface area contributed by atoms with E-state index >= 15 is 0 Å². The molecule has 0 amide bonds. The van der Waals surface area contributed by atoms with Gasteiger partial charge in [0.05, 0.1) is 0 Å². The molecule has 1 N–H and O–H groups in total. The highest BCUT2D eigenvalue weighted by Crippen LogP contribution is 2.42. The van der Waals surface area contributed by atoms with Crippen molar-refractivity contribution in [3.8, 4) is 11.1 Å². The van der Waals surface area contributed by atoms with Crippen LogP contribution in [0.15, 0.2) is 48.5 Å². The quantitative estimate of drug-likeness (QED) is 0.450. The van der Waals surface area contributed by atoms with Gasteiger partial charge in [-0.1, -0.05) is 55.5 Å². The molecule has 0 aromatic heterocycles. The summed E-state index contributed by atoms with van der Waals surface area (Å²) in [7, 11) is 0. The molecule has 3 aliphatic rings. The summed E-state index contributed by atoms with van der Waals surface area (Å²) < 4.78 is 27.0. The molecule has 3 unspecified atom stereocenters. The molecule has 0 spiro atoms. The third-order valence-electron chi connectivity index (χ3n) is 8.83. The Morgan fingerprint density at radius 2 is 1.55 bits per heavy atom. The van der Waals surface area contributed by atoms with Gasteiger partial charge < -0.3 is 5.32 Å². The fraction of sp³-hybridized carbons (Fsp3) is 0.600. The molecule has 2 saturated carbocycles. The molecule has 0 radical (unpaired) electrons. The molecule has 178 valence electrons. The zero-order valence-electron chi connectivity index (χ0n) is 20.0. The second-order valence-electron chi connectivity index (χ2n) is 11.1. The highest BCUT2D eigenvalue weighted by molar-refractivity contribution is 5.64. The molecule has 1 aliphatic heterocycles. The number of rotatable bonds is 7. The van der Waals surface area contributed by atoms with Gasteiger partial charge in [0.15, 0.2) is 0 Å². The number of nitrogens with one attached hydrogen (secondary N) is 1. The zero-order chi connectivity index (χ0) is 22.8. The summed E-state index contributed by atoms with van der Waals surface area (Å²) in [6.45, 7) is 2.84. The SMILES string of the molecule is CC(CC[C@H]1CC[C@@H](F)C1)c1ccc(-c2ccc(C3CCC([C@@H]4C[C@H](F)CN4)C3)cc2)cc1. The van der Waals surface area contributed by atoms with E-state index in [-0.39, 0.29) is 0 Å². The Bertz CT molecular complexity index is 893. The van der Waals surface area contributed by atoms with Gasteiger partial charge in [-0.2, -0.15) is 0 Å². The first kappa shape index (κ1) is 23.0. The third-order valence-corrected chi connectivity index (χ3v) is 8.83. The van der Waals surface area contributed by atoms with E-state index in [9.17, 15) is 8.78 Å². The molecule has 0 bridgehead atoms. The number of halogens is 2. The number of hydrogen-bond acceptors (Lipinski definition) is 1. The van der Waals surface area contributed by atoms with Crippen molar-refractivity contribution in [3.05, 3.63) is 59.7 Å². The van der Waals surface area contributed by atoms with E-state index in [1.807, 2.05) is 0 Å². The number of alkyl halides is 2. The Morgan fingerprint density at radius 1 is 0.818 bits per heavy atom. The van der Waals surface area contributed by atoms with E-state index in [4.69, 9.17) is 0 Å². The first-order chi connectivity index (χ1) is 16.0. The Hall–Kier alpha value is -1.74. The summed E-state index contributed by atoms with van der Waals surface area (Å²) in [5.41, 5.74) is 5.36. The van der Waals surface area contributed by atoms with Gasteiger partial charge in [0, 0.05) is 12.6 Å². The maximum absolute atomic E-state index is 13.6. The lowest BCUT2D eigenvalue weighted by atomic mass is 9.89. The summed E-state index contributed by atoms with van der Waals surface area (Å²) >= 11 is 0. The van der Waals surface area contributed by atoms with Crippen molar-refractivity contribution in [2.24, 2.45) is 11.8 Å². The van der Waals surface area contributed by atoms with Gasteiger partial charge in [0.2, 0.25) is 0 Å². The fourth-order valence-electron chi connectivity index (χ4n) is 6.65. The molecule has 33 heavy (non-hydrogen) atoms. The topological polar surface area (TPSA) is 12.0 Å². The highest BCUT2D eigenvalue weighted by Gasteiger charge is 2.35. The van der Waals surface area contributed by atoms with Gasteiger partial charge in [-0.05, 0) is 104 Å². The molecule has 2 aromatic carbocycles. The van der Waals surface area contributed by atoms with E-state index < -0.39 is 12.3 Å². The molecule has 1 heterocycles. The summed E-state index contributed by atoms with van der Waals surface area (Å²) in [6.07, 6.45) is 8.02. The van der Waals surface area contributed by atoms with Crippen LogP contribution in [-0.2, 0) is 0 Å². The van der Waals surface area contributed by atoms with Crippen LogP contribution in [0, 0.1) is 11.8 Å². The van der Waals surface area contributed by atoms with Crippen LogP contribution in [0.25, 0.3) is 11.1 Å². The first-order valence-electron chi connectivity index (χ1n) is 13.3. The lowest BCUT2D eigenvalue weighted by Gasteiger charge is -2.19. The molecule has 2 aliphatic carbocycles. The van der Waals surface area contributed by atoms with E-state index in [1.165, 1.54) is 41.5 Å². The smallest absolute Gasteiger partial charge is 0.114 e. The van der Waals surface area contributed by atoms with Crippen molar-refractivity contribution in [1.29, 1.82) is 0 Å². The van der Waals surface area contributed by atoms with Gasteiger partial charge in [-0.3, -0.25) is 0 Å². The Balaban J connectivity index is 1.15. The second-order valence-corrected chi connectivity index (χ2v) is 11.1. The van der Waals surface area contributed by atoms with Gasteiger partial charge in [-0.15, -0.1) is 0 Å². The van der Waals surface area contributed by atoms with E-state index in [1.54, 1.807) is 0 Å². The number of hydrogen-bond donors (Lipinski definition) is 1. The van der Waals surface area contributed by atoms with Crippen LogP contribution in [0.2, 0.25) is 0 Å². The van der Waals surface area contributed by atoms with Crippen molar-refractivity contribution < 1.29 is 8.78 Å². The van der Waals surface area contributed by atoms with E-state index in [0.717, 1.165) is 32.1 Å². The molecule has 1 nitrogen and oxygen atoms in total. The van der Waals surface area contributed by atoms with Crippen LogP contribution >= 0.6 is 0 Å². The Morgan fingerprint density at radius 3 is 2.18 bits per heavy atom. The third kappa shape index (κ3) is 5.50. The first-order valence-corrected chi connectivity index (χ1v) is 13.3. The average molecular weight is 452 g/mol. The minimum Gasteiger partial charge on any atom is -0.311 e. The normalized spacial score (nSPS) is 32.9. The van der Waals surface area contributed by atoms with Gasteiger partial charge in [0.25, 0.3) is 0 Å². The predicted molar refractivity (Wildman–Crippen MR) is 133 cm³/mol. The van der Waals surface area contributed by atoms with Gasteiger partial charge in [0.1, 0.15) is 12.3 Å². The van der Waals surface area contributed by atoms with Gasteiger partial charge in [-0.25, -0.2) is 8.78 Å². The second kappa shape index (κ2) is 10.3.